The molecule has 0 atom stereocenters. The van der Waals surface area contributed by atoms with E-state index in [4.69, 9.17) is 0 Å². The van der Waals surface area contributed by atoms with Crippen LogP contribution in [0, 0.1) is 0 Å². The molecule has 0 saturated carbocycles. The van der Waals surface area contributed by atoms with Crippen molar-refractivity contribution in [2.75, 3.05) is 11.9 Å². The molecule has 0 saturated heterocycles. The normalized spacial score (nSPS) is 15.5. The maximum absolute atomic E-state index is 13.6. The van der Waals surface area contributed by atoms with Crippen molar-refractivity contribution >= 4 is 72.2 Å². The first-order valence-corrected chi connectivity index (χ1v) is 13.4. The highest BCUT2D eigenvalue weighted by molar-refractivity contribution is 8.08. The van der Waals surface area contributed by atoms with E-state index in [0.717, 1.165) is 19.2 Å². The van der Waals surface area contributed by atoms with Gasteiger partial charge in [-0.05, 0) is 17.5 Å². The van der Waals surface area contributed by atoms with Gasteiger partial charge in [-0.15, -0.1) is 17.9 Å². The van der Waals surface area contributed by atoms with Crippen LogP contribution in [0.2, 0.25) is 0 Å². The van der Waals surface area contributed by atoms with Crippen LogP contribution >= 0.6 is 34.4 Å². The quantitative estimate of drug-likeness (QED) is 0.271. The van der Waals surface area contributed by atoms with Gasteiger partial charge in [-0.1, -0.05) is 71.6 Å². The van der Waals surface area contributed by atoms with Gasteiger partial charge < -0.3 is 4.90 Å². The van der Waals surface area contributed by atoms with Crippen LogP contribution in [0.5, 0.6) is 0 Å². The maximum Gasteiger partial charge on any atom is 0.272 e. The molecule has 2 aromatic heterocycles. The third-order valence-electron chi connectivity index (χ3n) is 6.15. The van der Waals surface area contributed by atoms with E-state index in [0.29, 0.717) is 6.54 Å². The number of anilines is 1. The molecular formula is C27H22N3OS3+. The molecule has 34 heavy (non-hydrogen) atoms. The van der Waals surface area contributed by atoms with Crippen LogP contribution in [-0.2, 0) is 13.6 Å². The van der Waals surface area contributed by atoms with E-state index in [2.05, 4.69) is 96.9 Å². The summed E-state index contributed by atoms with van der Waals surface area (Å²) >= 11 is 4.97. The summed E-state index contributed by atoms with van der Waals surface area (Å²) in [5.74, 6) is 0. The average Bonchev–Trinajstić information content (AvgIpc) is 3.47. The van der Waals surface area contributed by atoms with Crippen LogP contribution in [-0.4, -0.2) is 11.6 Å². The van der Waals surface area contributed by atoms with E-state index < -0.39 is 0 Å². The second kappa shape index (κ2) is 8.27. The van der Waals surface area contributed by atoms with Crippen LogP contribution in [0.25, 0.3) is 32.1 Å². The molecule has 0 amide bonds. The molecule has 7 heteroatoms. The third kappa shape index (κ3) is 3.27. The molecule has 0 aliphatic carbocycles. The molecule has 0 spiro atoms. The largest absolute Gasteiger partial charge is 0.336 e. The Morgan fingerprint density at radius 2 is 1.82 bits per heavy atom. The van der Waals surface area contributed by atoms with Gasteiger partial charge in [-0.3, -0.25) is 9.36 Å². The molecule has 0 fully saturated rings. The van der Waals surface area contributed by atoms with Crippen LogP contribution < -0.4 is 24.2 Å². The molecule has 4 nitrogen and oxygen atoms in total. The number of hydrogen-bond donors (Lipinski definition) is 0. The zero-order valence-electron chi connectivity index (χ0n) is 18.8. The molecule has 0 N–H and O–H groups in total. The molecule has 5 aromatic rings. The first-order valence-electron chi connectivity index (χ1n) is 10.9. The van der Waals surface area contributed by atoms with Gasteiger partial charge in [-0.25, -0.2) is 0 Å². The van der Waals surface area contributed by atoms with Crippen molar-refractivity contribution in [3.63, 3.8) is 0 Å². The lowest BCUT2D eigenvalue weighted by Crippen LogP contribution is -2.34. The van der Waals surface area contributed by atoms with Crippen molar-refractivity contribution in [1.29, 1.82) is 0 Å². The number of fused-ring (bicyclic) bond motifs is 4. The summed E-state index contributed by atoms with van der Waals surface area (Å²) in [5.41, 5.74) is 2.39. The Hall–Kier alpha value is -3.13. The SMILES string of the molecule is C=CCn1c(=Cc2sc3ccccc3[n+]2C)sc(=C2Sc3ccc4ccccc4c3N2C)c1=O. The van der Waals surface area contributed by atoms with Crippen LogP contribution in [0.1, 0.15) is 5.01 Å². The Kier molecular flexibility index (Phi) is 5.21. The van der Waals surface area contributed by atoms with E-state index in [1.807, 2.05) is 4.57 Å². The highest BCUT2D eigenvalue weighted by Gasteiger charge is 2.27. The molecular weight excluding hydrogens is 479 g/mol. The number of hydrogen-bond acceptors (Lipinski definition) is 5. The molecule has 0 bridgehead atoms. The lowest BCUT2D eigenvalue weighted by atomic mass is 10.1. The van der Waals surface area contributed by atoms with E-state index in [1.54, 1.807) is 40.5 Å². The fraction of sp³-hybridized carbons (Fsp3) is 0.111. The topological polar surface area (TPSA) is 29.1 Å². The molecule has 6 rings (SSSR count). The van der Waals surface area contributed by atoms with Crippen molar-refractivity contribution in [3.8, 4) is 0 Å². The second-order valence-corrected chi connectivity index (χ2v) is 11.3. The number of allylic oxidation sites excluding steroid dienone is 1. The number of nitrogens with zero attached hydrogens (tertiary/aromatic N) is 3. The van der Waals surface area contributed by atoms with Gasteiger partial charge in [0.05, 0.1) is 11.8 Å². The summed E-state index contributed by atoms with van der Waals surface area (Å²) in [6.45, 7) is 4.37. The average molecular weight is 501 g/mol. The number of thioether (sulfide) groups is 1. The predicted molar refractivity (Wildman–Crippen MR) is 146 cm³/mol. The number of benzene rings is 3. The van der Waals surface area contributed by atoms with Crippen molar-refractivity contribution in [1.82, 2.24) is 4.57 Å². The zero-order chi connectivity index (χ0) is 23.4. The molecule has 3 heterocycles. The number of aromatic nitrogens is 2. The van der Waals surface area contributed by atoms with E-state index in [9.17, 15) is 4.79 Å². The number of para-hydroxylation sites is 1. The van der Waals surface area contributed by atoms with Crippen molar-refractivity contribution in [2.45, 2.75) is 11.4 Å². The van der Waals surface area contributed by atoms with Gasteiger partial charge in [0.1, 0.15) is 26.0 Å². The number of rotatable bonds is 3. The smallest absolute Gasteiger partial charge is 0.272 e. The van der Waals surface area contributed by atoms with Crippen molar-refractivity contribution in [3.05, 3.63) is 97.9 Å². The summed E-state index contributed by atoms with van der Waals surface area (Å²) in [4.78, 5) is 17.0. The summed E-state index contributed by atoms with van der Waals surface area (Å²) in [6, 6.07) is 21.1. The van der Waals surface area contributed by atoms with Gasteiger partial charge in [0.25, 0.3) is 10.6 Å². The van der Waals surface area contributed by atoms with Crippen molar-refractivity contribution in [2.24, 2.45) is 7.05 Å². The first-order chi connectivity index (χ1) is 16.6. The molecule has 0 unspecified atom stereocenters. The fourth-order valence-corrected chi connectivity index (χ4v) is 8.04. The molecule has 168 valence electrons. The Morgan fingerprint density at radius 1 is 1.03 bits per heavy atom. The third-order valence-corrected chi connectivity index (χ3v) is 9.78. The van der Waals surface area contributed by atoms with Gasteiger partial charge in [-0.2, -0.15) is 4.57 Å². The van der Waals surface area contributed by atoms with Gasteiger partial charge in [0.2, 0.25) is 5.52 Å². The Bertz CT molecular complexity index is 1790. The Morgan fingerprint density at radius 3 is 2.65 bits per heavy atom. The van der Waals surface area contributed by atoms with Crippen LogP contribution in [0.3, 0.4) is 0 Å². The fourth-order valence-electron chi connectivity index (χ4n) is 4.46. The lowest BCUT2D eigenvalue weighted by Gasteiger charge is -2.15. The van der Waals surface area contributed by atoms with Crippen molar-refractivity contribution < 1.29 is 4.57 Å². The summed E-state index contributed by atoms with van der Waals surface area (Å²) < 4.78 is 6.95. The maximum atomic E-state index is 13.6. The number of aryl methyl sites for hydroxylation is 1. The van der Waals surface area contributed by atoms with Crippen LogP contribution in [0.15, 0.2) is 83.0 Å². The predicted octanol–water partition coefficient (Wildman–Crippen LogP) is 4.42. The first kappa shape index (κ1) is 21.4. The monoisotopic (exact) mass is 500 g/mol. The van der Waals surface area contributed by atoms with Gasteiger partial charge in [0, 0.05) is 29.9 Å². The van der Waals surface area contributed by atoms with E-state index >= 15 is 0 Å². The minimum absolute atomic E-state index is 0.0337. The standard InChI is InChI=1S/C27H22N3OS3/c1-4-15-30-23(16-22-28(2)19-11-7-8-12-20(19)32-22)34-25(26(30)31)27-29(3)24-18-10-6-5-9-17(18)13-14-21(24)33-27/h4-14,16H,1,15H2,2-3H3/q+1. The van der Waals surface area contributed by atoms with Gasteiger partial charge in [0.15, 0.2) is 0 Å². The number of thiazole rings is 2. The van der Waals surface area contributed by atoms with E-state index in [1.165, 1.54) is 31.6 Å². The minimum Gasteiger partial charge on any atom is -0.336 e. The highest BCUT2D eigenvalue weighted by atomic mass is 32.2. The summed E-state index contributed by atoms with van der Waals surface area (Å²) in [6.07, 6.45) is 3.92. The Balaban J connectivity index is 1.58. The molecule has 0 radical (unpaired) electrons. The van der Waals surface area contributed by atoms with Crippen LogP contribution in [0.4, 0.5) is 5.69 Å². The molecule has 1 aliphatic heterocycles. The molecule has 1 aliphatic rings. The van der Waals surface area contributed by atoms with E-state index in [-0.39, 0.29) is 5.56 Å². The second-order valence-electron chi connectivity index (χ2n) is 8.18. The summed E-state index contributed by atoms with van der Waals surface area (Å²) in [5, 5.41) is 4.51. The minimum atomic E-state index is 0.0337. The lowest BCUT2D eigenvalue weighted by molar-refractivity contribution is -0.642. The summed E-state index contributed by atoms with van der Waals surface area (Å²) in [7, 11) is 4.14. The zero-order valence-corrected chi connectivity index (χ0v) is 21.3. The highest BCUT2D eigenvalue weighted by Crippen LogP contribution is 2.48. The molecule has 3 aromatic carbocycles. The Labute approximate surface area is 209 Å². The van der Waals surface area contributed by atoms with Gasteiger partial charge >= 0.3 is 0 Å².